The monoisotopic (exact) mass is 224 g/mol. The molecule has 0 saturated carbocycles. The Morgan fingerprint density at radius 2 is 2.19 bits per heavy atom. The van der Waals surface area contributed by atoms with Crippen molar-refractivity contribution in [1.82, 2.24) is 9.97 Å². The molecule has 0 radical (unpaired) electrons. The summed E-state index contributed by atoms with van der Waals surface area (Å²) in [5.74, 6) is 2.17. The van der Waals surface area contributed by atoms with Crippen LogP contribution in [0.25, 0.3) is 0 Å². The summed E-state index contributed by atoms with van der Waals surface area (Å²) in [6.45, 7) is 4.65. The van der Waals surface area contributed by atoms with Gasteiger partial charge >= 0.3 is 0 Å². The number of aryl methyl sites for hydroxylation is 1. The lowest BCUT2D eigenvalue weighted by atomic mass is 10.2. The molecule has 0 spiro atoms. The lowest BCUT2D eigenvalue weighted by Crippen LogP contribution is -2.31. The minimum atomic E-state index is 0.351. The van der Waals surface area contributed by atoms with Gasteiger partial charge in [0.05, 0.1) is 7.11 Å². The number of nitrogens with two attached hydrogens (primary N) is 1. The maximum absolute atomic E-state index is 5.55. The number of aromatic nitrogens is 2. The van der Waals surface area contributed by atoms with E-state index >= 15 is 0 Å². The number of anilines is 1. The maximum atomic E-state index is 5.55. The van der Waals surface area contributed by atoms with E-state index in [0.717, 1.165) is 12.2 Å². The number of hydrogen-bond acceptors (Lipinski definition) is 5. The summed E-state index contributed by atoms with van der Waals surface area (Å²) in [6.07, 6.45) is 0.932. The van der Waals surface area contributed by atoms with Gasteiger partial charge in [0.2, 0.25) is 5.88 Å². The molecule has 0 saturated heterocycles. The topological polar surface area (TPSA) is 64.3 Å². The van der Waals surface area contributed by atoms with Crippen LogP contribution in [0.15, 0.2) is 6.07 Å². The summed E-state index contributed by atoms with van der Waals surface area (Å²) >= 11 is 0. The van der Waals surface area contributed by atoms with Crippen molar-refractivity contribution >= 4 is 5.82 Å². The highest BCUT2D eigenvalue weighted by atomic mass is 16.5. The van der Waals surface area contributed by atoms with Crippen LogP contribution in [0, 0.1) is 6.92 Å². The Labute approximate surface area is 96.6 Å². The number of ether oxygens (including phenoxy) is 1. The van der Waals surface area contributed by atoms with E-state index in [1.807, 2.05) is 20.0 Å². The van der Waals surface area contributed by atoms with E-state index in [2.05, 4.69) is 21.8 Å². The molecule has 0 aliphatic rings. The third-order valence-corrected chi connectivity index (χ3v) is 2.62. The molecule has 0 amide bonds. The second kappa shape index (κ2) is 5.65. The fraction of sp³-hybridized carbons (Fsp3) is 0.636. The SMILES string of the molecule is COc1cc(N(C)C(C)CCN)nc(C)n1. The minimum Gasteiger partial charge on any atom is -0.481 e. The predicted molar refractivity (Wildman–Crippen MR) is 64.9 cm³/mol. The Hall–Kier alpha value is -1.36. The smallest absolute Gasteiger partial charge is 0.218 e. The zero-order valence-electron chi connectivity index (χ0n) is 10.4. The molecule has 0 aliphatic carbocycles. The lowest BCUT2D eigenvalue weighted by molar-refractivity contribution is 0.395. The van der Waals surface area contributed by atoms with Gasteiger partial charge in [-0.15, -0.1) is 0 Å². The van der Waals surface area contributed by atoms with Gasteiger partial charge in [0.1, 0.15) is 11.6 Å². The average Bonchev–Trinajstić information content (AvgIpc) is 2.27. The van der Waals surface area contributed by atoms with Crippen LogP contribution >= 0.6 is 0 Å². The summed E-state index contributed by atoms with van der Waals surface area (Å²) in [5, 5.41) is 0. The maximum Gasteiger partial charge on any atom is 0.218 e. The molecule has 1 heterocycles. The van der Waals surface area contributed by atoms with Crippen molar-refractivity contribution in [3.05, 3.63) is 11.9 Å². The number of hydrogen-bond donors (Lipinski definition) is 1. The average molecular weight is 224 g/mol. The van der Waals surface area contributed by atoms with Gasteiger partial charge in [-0.25, -0.2) is 4.98 Å². The summed E-state index contributed by atoms with van der Waals surface area (Å²) in [5.41, 5.74) is 5.55. The highest BCUT2D eigenvalue weighted by Gasteiger charge is 2.12. The van der Waals surface area contributed by atoms with Gasteiger partial charge in [0.15, 0.2) is 0 Å². The minimum absolute atomic E-state index is 0.351. The molecule has 1 unspecified atom stereocenters. The lowest BCUT2D eigenvalue weighted by Gasteiger charge is -2.25. The Balaban J connectivity index is 2.89. The first-order valence-corrected chi connectivity index (χ1v) is 5.41. The van der Waals surface area contributed by atoms with Crippen LogP contribution in [-0.4, -0.2) is 36.7 Å². The second-order valence-electron chi connectivity index (χ2n) is 3.85. The Kier molecular flexibility index (Phi) is 4.49. The second-order valence-corrected chi connectivity index (χ2v) is 3.85. The van der Waals surface area contributed by atoms with E-state index in [1.165, 1.54) is 0 Å². The van der Waals surface area contributed by atoms with E-state index in [0.29, 0.717) is 24.3 Å². The van der Waals surface area contributed by atoms with Crippen LogP contribution in [0.4, 0.5) is 5.82 Å². The van der Waals surface area contributed by atoms with Gasteiger partial charge in [0, 0.05) is 19.2 Å². The van der Waals surface area contributed by atoms with Crippen LogP contribution in [0.5, 0.6) is 5.88 Å². The molecule has 2 N–H and O–H groups in total. The first-order valence-electron chi connectivity index (χ1n) is 5.41. The molecular weight excluding hydrogens is 204 g/mol. The third-order valence-electron chi connectivity index (χ3n) is 2.62. The summed E-state index contributed by atoms with van der Waals surface area (Å²) in [6, 6.07) is 2.18. The van der Waals surface area contributed by atoms with Crippen molar-refractivity contribution in [2.75, 3.05) is 25.6 Å². The van der Waals surface area contributed by atoms with Crippen LogP contribution in [0.3, 0.4) is 0 Å². The fourth-order valence-corrected chi connectivity index (χ4v) is 1.47. The molecule has 0 aliphatic heterocycles. The van der Waals surface area contributed by atoms with Gasteiger partial charge in [-0.1, -0.05) is 0 Å². The number of methoxy groups -OCH3 is 1. The van der Waals surface area contributed by atoms with Crippen molar-refractivity contribution < 1.29 is 4.74 Å². The molecule has 5 heteroatoms. The molecule has 1 atom stereocenters. The molecule has 1 aromatic rings. The van der Waals surface area contributed by atoms with Crippen molar-refractivity contribution in [2.24, 2.45) is 5.73 Å². The largest absolute Gasteiger partial charge is 0.481 e. The highest BCUT2D eigenvalue weighted by Crippen LogP contribution is 2.18. The zero-order chi connectivity index (χ0) is 12.1. The molecule has 1 aromatic heterocycles. The van der Waals surface area contributed by atoms with Crippen molar-refractivity contribution in [3.63, 3.8) is 0 Å². The van der Waals surface area contributed by atoms with Gasteiger partial charge in [-0.2, -0.15) is 4.98 Å². The zero-order valence-corrected chi connectivity index (χ0v) is 10.4. The quantitative estimate of drug-likeness (QED) is 0.807. The van der Waals surface area contributed by atoms with Crippen LogP contribution in [0.2, 0.25) is 0 Å². The van der Waals surface area contributed by atoms with Gasteiger partial charge in [-0.05, 0) is 26.8 Å². The third kappa shape index (κ3) is 3.06. The Bertz CT molecular complexity index is 343. The molecule has 0 aromatic carbocycles. The first-order chi connectivity index (χ1) is 7.58. The number of rotatable bonds is 5. The van der Waals surface area contributed by atoms with Crippen LogP contribution in [-0.2, 0) is 0 Å². The number of nitrogens with zero attached hydrogens (tertiary/aromatic N) is 3. The first kappa shape index (κ1) is 12.7. The van der Waals surface area contributed by atoms with Crippen molar-refractivity contribution in [1.29, 1.82) is 0 Å². The van der Waals surface area contributed by atoms with Crippen LogP contribution in [0.1, 0.15) is 19.2 Å². The predicted octanol–water partition coefficient (Wildman–Crippen LogP) is 0.967. The Morgan fingerprint density at radius 1 is 1.50 bits per heavy atom. The highest BCUT2D eigenvalue weighted by molar-refractivity contribution is 5.41. The van der Waals surface area contributed by atoms with E-state index in [9.17, 15) is 0 Å². The van der Waals surface area contributed by atoms with Gasteiger partial charge < -0.3 is 15.4 Å². The van der Waals surface area contributed by atoms with E-state index in [1.54, 1.807) is 7.11 Å². The summed E-state index contributed by atoms with van der Waals surface area (Å²) in [4.78, 5) is 10.6. The van der Waals surface area contributed by atoms with E-state index in [4.69, 9.17) is 10.5 Å². The molecule has 16 heavy (non-hydrogen) atoms. The van der Waals surface area contributed by atoms with Crippen molar-refractivity contribution in [3.8, 4) is 5.88 Å². The molecular formula is C11H20N4O. The Morgan fingerprint density at radius 3 is 2.75 bits per heavy atom. The van der Waals surface area contributed by atoms with Gasteiger partial charge in [0.25, 0.3) is 0 Å². The summed E-state index contributed by atoms with van der Waals surface area (Å²) in [7, 11) is 3.61. The van der Waals surface area contributed by atoms with E-state index < -0.39 is 0 Å². The fourth-order valence-electron chi connectivity index (χ4n) is 1.47. The van der Waals surface area contributed by atoms with E-state index in [-0.39, 0.29) is 0 Å². The van der Waals surface area contributed by atoms with Crippen molar-refractivity contribution in [2.45, 2.75) is 26.3 Å². The summed E-state index contributed by atoms with van der Waals surface area (Å²) < 4.78 is 5.12. The van der Waals surface area contributed by atoms with Crippen LogP contribution < -0.4 is 15.4 Å². The molecule has 1 rings (SSSR count). The molecule has 5 nitrogen and oxygen atoms in total. The standard InChI is InChI=1S/C11H20N4O/c1-8(5-6-12)15(3)10-7-11(16-4)14-9(2)13-10/h7-8H,5-6,12H2,1-4H3. The molecule has 0 fully saturated rings. The molecule has 90 valence electrons. The molecule has 0 bridgehead atoms. The normalized spacial score (nSPS) is 12.3. The van der Waals surface area contributed by atoms with Gasteiger partial charge in [-0.3, -0.25) is 0 Å².